The normalized spacial score (nSPS) is 55.8. The first-order chi connectivity index (χ1) is 14.9. The Morgan fingerprint density at radius 1 is 0.939 bits per heavy atom. The molecule has 0 aromatic rings. The predicted octanol–water partition coefficient (Wildman–Crippen LogP) is 3.52. The summed E-state index contributed by atoms with van der Waals surface area (Å²) in [5, 5.41) is 11.3. The molecule has 0 aromatic carbocycles. The van der Waals surface area contributed by atoms with E-state index in [0.29, 0.717) is 6.42 Å². The molecule has 0 amide bonds. The molecular formula is C26H40O7. The van der Waals surface area contributed by atoms with E-state index in [0.717, 1.165) is 0 Å². The number of fused-ring (bicyclic) bond motifs is 3. The number of Topliss-reactive ketones (excluding diaryl/α,β-unsaturated/α-hetero) is 1. The first-order valence-corrected chi connectivity index (χ1v) is 12.2. The number of rotatable bonds is 1. The molecule has 3 saturated heterocycles. The van der Waals surface area contributed by atoms with Gasteiger partial charge < -0.3 is 28.8 Å². The van der Waals surface area contributed by atoms with Crippen molar-refractivity contribution >= 4 is 5.78 Å². The maximum Gasteiger partial charge on any atom is 0.171 e. The molecule has 5 rings (SSSR count). The lowest BCUT2D eigenvalue weighted by molar-refractivity contribution is -0.461. The third-order valence-electron chi connectivity index (χ3n) is 9.48. The molecule has 33 heavy (non-hydrogen) atoms. The van der Waals surface area contributed by atoms with Gasteiger partial charge in [-0.15, -0.1) is 6.58 Å². The van der Waals surface area contributed by atoms with Gasteiger partial charge in [0.1, 0.15) is 11.7 Å². The van der Waals surface area contributed by atoms with E-state index >= 15 is 0 Å². The van der Waals surface area contributed by atoms with Crippen LogP contribution in [0.5, 0.6) is 0 Å². The number of aliphatic hydroxyl groups is 1. The molecular weight excluding hydrogens is 424 g/mol. The largest absolute Gasteiger partial charge is 0.392 e. The first kappa shape index (κ1) is 23.9. The Labute approximate surface area is 197 Å². The molecule has 0 unspecified atom stereocenters. The predicted molar refractivity (Wildman–Crippen MR) is 120 cm³/mol. The highest BCUT2D eigenvalue weighted by atomic mass is 16.8. The molecule has 7 nitrogen and oxygen atoms in total. The number of carbonyl (C=O) groups is 1. The van der Waals surface area contributed by atoms with E-state index in [1.807, 2.05) is 55.4 Å². The summed E-state index contributed by atoms with van der Waals surface area (Å²) in [7, 11) is 0. The fourth-order valence-corrected chi connectivity index (χ4v) is 8.29. The Morgan fingerprint density at radius 3 is 2.18 bits per heavy atom. The van der Waals surface area contributed by atoms with E-state index in [-0.39, 0.29) is 18.1 Å². The summed E-state index contributed by atoms with van der Waals surface area (Å²) in [6.07, 6.45) is 0.158. The first-order valence-electron chi connectivity index (χ1n) is 12.2. The van der Waals surface area contributed by atoms with Crippen LogP contribution in [0.2, 0.25) is 0 Å². The summed E-state index contributed by atoms with van der Waals surface area (Å²) in [4.78, 5) is 14.5. The molecule has 0 radical (unpaired) electrons. The molecule has 0 bridgehead atoms. The lowest BCUT2D eigenvalue weighted by atomic mass is 9.39. The van der Waals surface area contributed by atoms with E-state index in [4.69, 9.17) is 23.7 Å². The van der Waals surface area contributed by atoms with Gasteiger partial charge in [0.05, 0.1) is 23.9 Å². The van der Waals surface area contributed by atoms with E-state index in [1.165, 1.54) is 0 Å². The number of ketones is 1. The summed E-state index contributed by atoms with van der Waals surface area (Å²) >= 11 is 0. The van der Waals surface area contributed by atoms with Gasteiger partial charge in [-0.1, -0.05) is 26.8 Å². The van der Waals surface area contributed by atoms with E-state index in [2.05, 4.69) is 13.5 Å². The van der Waals surface area contributed by atoms with Gasteiger partial charge in [0, 0.05) is 24.2 Å². The second kappa shape index (κ2) is 6.29. The molecule has 2 saturated carbocycles. The second-order valence-electron chi connectivity index (χ2n) is 13.0. The van der Waals surface area contributed by atoms with Crippen molar-refractivity contribution in [2.45, 2.75) is 128 Å². The summed E-state index contributed by atoms with van der Waals surface area (Å²) in [5.41, 5.74) is -4.81. The second-order valence-corrected chi connectivity index (χ2v) is 13.0. The standard InChI is InChI=1S/C26H40O7/c1-11-23(8)13-15(28)26-24(9)16(29-22(6,7)32-26)12-14(27)20(2,3)18(24)17-19(25(26,10)33-23)31-21(4,5)30-17/h11,14,16-19,27H,1,12-13H2,2-10H3/t14-,16-,17-,18-,19-,23-,24-,25+,26-/m0/s1. The highest BCUT2D eigenvalue weighted by Gasteiger charge is 2.86. The smallest absolute Gasteiger partial charge is 0.171 e. The van der Waals surface area contributed by atoms with Crippen LogP contribution in [0.15, 0.2) is 12.7 Å². The molecule has 186 valence electrons. The molecule has 2 aliphatic carbocycles. The summed E-state index contributed by atoms with van der Waals surface area (Å²) in [6, 6.07) is 0. The SMILES string of the molecule is C=C[C@@]1(C)CC(=O)[C@@]23OC(C)(C)O[C@H]4C[C@H](O)C(C)(C)[C@H]([C@@H]5OC(C)(C)O[C@@H]5[C@@]2(C)O1)[C@]43C. The Bertz CT molecular complexity index is 910. The van der Waals surface area contributed by atoms with E-state index in [9.17, 15) is 9.90 Å². The average molecular weight is 465 g/mol. The quantitative estimate of drug-likeness (QED) is 0.595. The van der Waals surface area contributed by atoms with Crippen molar-refractivity contribution in [3.8, 4) is 0 Å². The van der Waals surface area contributed by atoms with Crippen molar-refractivity contribution < 1.29 is 33.6 Å². The molecule has 3 heterocycles. The minimum absolute atomic E-state index is 0.0357. The van der Waals surface area contributed by atoms with E-state index < -0.39 is 63.6 Å². The van der Waals surface area contributed by atoms with Crippen LogP contribution in [-0.4, -0.2) is 63.7 Å². The highest BCUT2D eigenvalue weighted by molar-refractivity contribution is 5.93. The number of carbonyl (C=O) groups excluding carboxylic acids is 1. The Hall–Kier alpha value is -0.830. The van der Waals surface area contributed by atoms with Crippen LogP contribution in [0.4, 0.5) is 0 Å². The summed E-state index contributed by atoms with van der Waals surface area (Å²) in [5.74, 6) is -2.26. The zero-order valence-corrected chi connectivity index (χ0v) is 21.5. The van der Waals surface area contributed by atoms with Gasteiger partial charge >= 0.3 is 0 Å². The van der Waals surface area contributed by atoms with Gasteiger partial charge in [-0.2, -0.15) is 0 Å². The minimum atomic E-state index is -1.36. The Kier molecular flexibility index (Phi) is 4.55. The molecule has 5 aliphatic rings. The molecule has 1 spiro atoms. The van der Waals surface area contributed by atoms with Crippen molar-refractivity contribution in [1.29, 1.82) is 0 Å². The van der Waals surface area contributed by atoms with Gasteiger partial charge in [-0.05, 0) is 47.0 Å². The highest BCUT2D eigenvalue weighted by Crippen LogP contribution is 2.72. The van der Waals surface area contributed by atoms with Gasteiger partial charge in [-0.3, -0.25) is 4.79 Å². The zero-order chi connectivity index (χ0) is 24.6. The van der Waals surface area contributed by atoms with Crippen LogP contribution < -0.4 is 0 Å². The van der Waals surface area contributed by atoms with Gasteiger partial charge in [0.15, 0.2) is 23.0 Å². The number of hydrogen-bond donors (Lipinski definition) is 1. The zero-order valence-electron chi connectivity index (χ0n) is 21.5. The van der Waals surface area contributed by atoms with Crippen LogP contribution in [0, 0.1) is 16.7 Å². The van der Waals surface area contributed by atoms with Crippen molar-refractivity contribution in [3.63, 3.8) is 0 Å². The van der Waals surface area contributed by atoms with Crippen LogP contribution in [0.1, 0.15) is 75.2 Å². The number of hydrogen-bond acceptors (Lipinski definition) is 7. The fourth-order valence-electron chi connectivity index (χ4n) is 8.29. The van der Waals surface area contributed by atoms with Gasteiger partial charge in [0.25, 0.3) is 0 Å². The molecule has 5 fully saturated rings. The van der Waals surface area contributed by atoms with Gasteiger partial charge in [-0.25, -0.2) is 0 Å². The molecule has 9 atom stereocenters. The lowest BCUT2D eigenvalue weighted by Crippen LogP contribution is -2.90. The summed E-state index contributed by atoms with van der Waals surface area (Å²) in [6.45, 7) is 21.4. The van der Waals surface area contributed by atoms with E-state index in [1.54, 1.807) is 6.08 Å². The molecule has 0 aromatic heterocycles. The molecule has 7 heteroatoms. The fraction of sp³-hybridized carbons (Fsp3) is 0.885. The molecule has 1 N–H and O–H groups in total. The lowest BCUT2D eigenvalue weighted by Gasteiger charge is -2.75. The monoisotopic (exact) mass is 464 g/mol. The van der Waals surface area contributed by atoms with Crippen molar-refractivity contribution in [1.82, 2.24) is 0 Å². The third-order valence-corrected chi connectivity index (χ3v) is 9.48. The number of aliphatic hydroxyl groups excluding tert-OH is 1. The van der Waals surface area contributed by atoms with Crippen LogP contribution >= 0.6 is 0 Å². The maximum absolute atomic E-state index is 14.5. The minimum Gasteiger partial charge on any atom is -0.392 e. The van der Waals surface area contributed by atoms with Gasteiger partial charge in [0.2, 0.25) is 0 Å². The third kappa shape index (κ3) is 2.64. The van der Waals surface area contributed by atoms with Crippen LogP contribution in [0.3, 0.4) is 0 Å². The van der Waals surface area contributed by atoms with Crippen molar-refractivity contribution in [2.75, 3.05) is 0 Å². The van der Waals surface area contributed by atoms with Crippen LogP contribution in [0.25, 0.3) is 0 Å². The topological polar surface area (TPSA) is 83.5 Å². The van der Waals surface area contributed by atoms with Crippen molar-refractivity contribution in [3.05, 3.63) is 12.7 Å². The van der Waals surface area contributed by atoms with Crippen LogP contribution in [-0.2, 0) is 28.5 Å². The Morgan fingerprint density at radius 2 is 1.58 bits per heavy atom. The van der Waals surface area contributed by atoms with Crippen molar-refractivity contribution in [2.24, 2.45) is 16.7 Å². The average Bonchev–Trinajstić information content (AvgIpc) is 2.97. The number of ether oxygens (including phenoxy) is 5. The molecule has 3 aliphatic heterocycles. The summed E-state index contributed by atoms with van der Waals surface area (Å²) < 4.78 is 33.3. The maximum atomic E-state index is 14.5. The Balaban J connectivity index is 1.85.